The van der Waals surface area contributed by atoms with Gasteiger partial charge in [-0.1, -0.05) is 19.9 Å². The number of nitrogens with one attached hydrogen (secondary N) is 2. The first-order valence-electron chi connectivity index (χ1n) is 9.31. The molecule has 0 aliphatic carbocycles. The van der Waals surface area contributed by atoms with E-state index >= 15 is 0 Å². The number of carbonyl (C=O) groups is 2. The molecule has 0 radical (unpaired) electrons. The van der Waals surface area contributed by atoms with Gasteiger partial charge in [-0.25, -0.2) is 4.39 Å². The molecule has 2 N–H and O–H groups in total. The quantitative estimate of drug-likeness (QED) is 0.684. The standard InChI is InChI=1S/C22H27FN2O3/c1-14(2)20(25-21(26)17-5-7-18(23)8-6-17)22(27)24-9-10-28-19-12-15(3)11-16(4)13-19/h5-8,11-14,20H,9-10H2,1-4H3,(H,24,27)(H,25,26). The first-order chi connectivity index (χ1) is 13.3. The number of benzene rings is 2. The van der Waals surface area contributed by atoms with Crippen LogP contribution in [-0.2, 0) is 4.79 Å². The van der Waals surface area contributed by atoms with Crippen molar-refractivity contribution >= 4 is 11.8 Å². The van der Waals surface area contributed by atoms with Gasteiger partial charge in [0.15, 0.2) is 0 Å². The summed E-state index contributed by atoms with van der Waals surface area (Å²) in [6.07, 6.45) is 0. The Morgan fingerprint density at radius 1 is 1.04 bits per heavy atom. The van der Waals surface area contributed by atoms with Crippen LogP contribution in [0.25, 0.3) is 0 Å². The highest BCUT2D eigenvalue weighted by Crippen LogP contribution is 2.15. The van der Waals surface area contributed by atoms with Crippen molar-refractivity contribution in [3.05, 3.63) is 65.0 Å². The fourth-order valence-electron chi connectivity index (χ4n) is 2.83. The molecule has 150 valence electrons. The van der Waals surface area contributed by atoms with Crippen LogP contribution in [0.2, 0.25) is 0 Å². The van der Waals surface area contributed by atoms with Gasteiger partial charge in [-0.15, -0.1) is 0 Å². The number of rotatable bonds is 8. The zero-order valence-electron chi connectivity index (χ0n) is 16.7. The normalized spacial score (nSPS) is 11.8. The van der Waals surface area contributed by atoms with Gasteiger partial charge in [0.05, 0.1) is 6.54 Å². The molecule has 5 nitrogen and oxygen atoms in total. The van der Waals surface area contributed by atoms with Crippen molar-refractivity contribution in [3.8, 4) is 5.75 Å². The molecule has 1 unspecified atom stereocenters. The van der Waals surface area contributed by atoms with Crippen LogP contribution in [0.1, 0.15) is 35.3 Å². The molecule has 0 fully saturated rings. The molecule has 0 aromatic heterocycles. The van der Waals surface area contributed by atoms with Gasteiger partial charge < -0.3 is 15.4 Å². The van der Waals surface area contributed by atoms with E-state index in [1.165, 1.54) is 24.3 Å². The Bertz CT molecular complexity index is 799. The smallest absolute Gasteiger partial charge is 0.251 e. The maximum Gasteiger partial charge on any atom is 0.251 e. The second-order valence-electron chi connectivity index (χ2n) is 7.16. The van der Waals surface area contributed by atoms with Crippen molar-refractivity contribution in [3.63, 3.8) is 0 Å². The second kappa shape index (κ2) is 9.88. The average Bonchev–Trinajstić information content (AvgIpc) is 2.62. The molecule has 0 aliphatic rings. The van der Waals surface area contributed by atoms with Gasteiger partial charge in [-0.2, -0.15) is 0 Å². The van der Waals surface area contributed by atoms with E-state index in [9.17, 15) is 14.0 Å². The van der Waals surface area contributed by atoms with Crippen molar-refractivity contribution < 1.29 is 18.7 Å². The number of aryl methyl sites for hydroxylation is 2. The largest absolute Gasteiger partial charge is 0.492 e. The van der Waals surface area contributed by atoms with E-state index in [0.717, 1.165) is 16.9 Å². The zero-order valence-corrected chi connectivity index (χ0v) is 16.7. The Morgan fingerprint density at radius 2 is 1.64 bits per heavy atom. The summed E-state index contributed by atoms with van der Waals surface area (Å²) in [5.74, 6) is -0.463. The lowest BCUT2D eigenvalue weighted by molar-refractivity contribution is -0.124. The third kappa shape index (κ3) is 6.37. The number of hydrogen-bond acceptors (Lipinski definition) is 3. The Labute approximate surface area is 165 Å². The Hall–Kier alpha value is -2.89. The van der Waals surface area contributed by atoms with Gasteiger partial charge in [0.1, 0.15) is 24.2 Å². The molecular formula is C22H27FN2O3. The number of amides is 2. The van der Waals surface area contributed by atoms with Crippen molar-refractivity contribution in [1.82, 2.24) is 10.6 Å². The van der Waals surface area contributed by atoms with Crippen molar-refractivity contribution in [2.45, 2.75) is 33.7 Å². The monoisotopic (exact) mass is 386 g/mol. The Kier molecular flexibility index (Phi) is 7.55. The Morgan fingerprint density at radius 3 is 2.21 bits per heavy atom. The summed E-state index contributed by atoms with van der Waals surface area (Å²) in [4.78, 5) is 24.8. The lowest BCUT2D eigenvalue weighted by Gasteiger charge is -2.22. The molecule has 0 spiro atoms. The molecule has 0 saturated heterocycles. The molecule has 1 atom stereocenters. The molecule has 2 aromatic carbocycles. The van der Waals surface area contributed by atoms with E-state index in [4.69, 9.17) is 4.74 Å². The zero-order chi connectivity index (χ0) is 20.7. The highest BCUT2D eigenvalue weighted by atomic mass is 19.1. The van der Waals surface area contributed by atoms with E-state index in [2.05, 4.69) is 16.7 Å². The number of ether oxygens (including phenoxy) is 1. The summed E-state index contributed by atoms with van der Waals surface area (Å²) in [7, 11) is 0. The molecule has 6 heteroatoms. The van der Waals surface area contributed by atoms with Gasteiger partial charge in [0.2, 0.25) is 5.91 Å². The molecule has 0 saturated carbocycles. The molecule has 0 heterocycles. The van der Waals surface area contributed by atoms with E-state index in [1.54, 1.807) is 0 Å². The molecular weight excluding hydrogens is 359 g/mol. The van der Waals surface area contributed by atoms with Gasteiger partial charge in [-0.05, 0) is 67.3 Å². The molecule has 0 aliphatic heterocycles. The van der Waals surface area contributed by atoms with Gasteiger partial charge >= 0.3 is 0 Å². The fourth-order valence-corrected chi connectivity index (χ4v) is 2.83. The van der Waals surface area contributed by atoms with Crippen LogP contribution >= 0.6 is 0 Å². The summed E-state index contributed by atoms with van der Waals surface area (Å²) in [6.45, 7) is 8.34. The topological polar surface area (TPSA) is 67.4 Å². The third-order valence-electron chi connectivity index (χ3n) is 4.21. The van der Waals surface area contributed by atoms with Crippen LogP contribution in [-0.4, -0.2) is 31.0 Å². The maximum absolute atomic E-state index is 13.0. The Balaban J connectivity index is 1.86. The minimum atomic E-state index is -0.696. The van der Waals surface area contributed by atoms with Crippen molar-refractivity contribution in [2.24, 2.45) is 5.92 Å². The van der Waals surface area contributed by atoms with Crippen LogP contribution in [0.4, 0.5) is 4.39 Å². The lowest BCUT2D eigenvalue weighted by atomic mass is 10.0. The van der Waals surface area contributed by atoms with Gasteiger partial charge in [0, 0.05) is 5.56 Å². The molecule has 2 rings (SSSR count). The van der Waals surface area contributed by atoms with E-state index in [-0.39, 0.29) is 11.8 Å². The molecule has 28 heavy (non-hydrogen) atoms. The molecule has 2 aromatic rings. The summed E-state index contributed by atoms with van der Waals surface area (Å²) in [6, 6.07) is 10.4. The predicted molar refractivity (Wildman–Crippen MR) is 107 cm³/mol. The number of carbonyl (C=O) groups excluding carboxylic acids is 2. The maximum atomic E-state index is 13.0. The minimum absolute atomic E-state index is 0.107. The first kappa shape index (κ1) is 21.4. The predicted octanol–water partition coefficient (Wildman–Crippen LogP) is 3.39. The average molecular weight is 386 g/mol. The van der Waals surface area contributed by atoms with E-state index in [0.29, 0.717) is 18.7 Å². The van der Waals surface area contributed by atoms with E-state index in [1.807, 2.05) is 39.8 Å². The van der Waals surface area contributed by atoms with Crippen LogP contribution < -0.4 is 15.4 Å². The fraction of sp³-hybridized carbons (Fsp3) is 0.364. The summed E-state index contributed by atoms with van der Waals surface area (Å²) >= 11 is 0. The summed E-state index contributed by atoms with van der Waals surface area (Å²) < 4.78 is 18.7. The van der Waals surface area contributed by atoms with Gasteiger partial charge in [-0.3, -0.25) is 9.59 Å². The van der Waals surface area contributed by atoms with Crippen molar-refractivity contribution in [1.29, 1.82) is 0 Å². The summed E-state index contributed by atoms with van der Waals surface area (Å²) in [5.41, 5.74) is 2.53. The molecule has 2 amide bonds. The number of hydrogen-bond donors (Lipinski definition) is 2. The first-order valence-corrected chi connectivity index (χ1v) is 9.31. The van der Waals surface area contributed by atoms with Crippen LogP contribution in [0.15, 0.2) is 42.5 Å². The molecule has 0 bridgehead atoms. The SMILES string of the molecule is Cc1cc(C)cc(OCCNC(=O)C(NC(=O)c2ccc(F)cc2)C(C)C)c1. The third-order valence-corrected chi connectivity index (χ3v) is 4.21. The highest BCUT2D eigenvalue weighted by Gasteiger charge is 2.24. The number of halogens is 1. The lowest BCUT2D eigenvalue weighted by Crippen LogP contribution is -2.50. The van der Waals surface area contributed by atoms with Gasteiger partial charge in [0.25, 0.3) is 5.91 Å². The summed E-state index contributed by atoms with van der Waals surface area (Å²) in [5, 5.41) is 5.50. The van der Waals surface area contributed by atoms with Crippen molar-refractivity contribution in [2.75, 3.05) is 13.2 Å². The van der Waals surface area contributed by atoms with Crippen LogP contribution in [0.3, 0.4) is 0 Å². The van der Waals surface area contributed by atoms with E-state index < -0.39 is 17.8 Å². The highest BCUT2D eigenvalue weighted by molar-refractivity contribution is 5.97. The van der Waals surface area contributed by atoms with Crippen LogP contribution in [0.5, 0.6) is 5.75 Å². The van der Waals surface area contributed by atoms with Crippen LogP contribution in [0, 0.1) is 25.6 Å². The second-order valence-corrected chi connectivity index (χ2v) is 7.16. The minimum Gasteiger partial charge on any atom is -0.492 e.